The van der Waals surface area contributed by atoms with Crippen LogP contribution in [-0.4, -0.2) is 35.6 Å². The zero-order chi connectivity index (χ0) is 14.7. The molecule has 3 heterocycles. The molecular weight excluding hydrogens is 294 g/mol. The van der Waals surface area contributed by atoms with Crippen LogP contribution in [0, 0.1) is 0 Å². The van der Waals surface area contributed by atoms with Gasteiger partial charge in [0.05, 0.1) is 36.3 Å². The third-order valence-corrected chi connectivity index (χ3v) is 3.38. The van der Waals surface area contributed by atoms with E-state index in [0.717, 1.165) is 5.76 Å². The summed E-state index contributed by atoms with van der Waals surface area (Å²) in [5.41, 5.74) is 0.563. The van der Waals surface area contributed by atoms with Crippen LogP contribution in [0.25, 0.3) is 0 Å². The first-order chi connectivity index (χ1) is 10.2. The second-order valence-electron chi connectivity index (χ2n) is 4.64. The predicted molar refractivity (Wildman–Crippen MR) is 77.2 cm³/mol. The van der Waals surface area contributed by atoms with Crippen LogP contribution >= 0.6 is 11.6 Å². The van der Waals surface area contributed by atoms with Crippen LogP contribution < -0.4 is 5.32 Å². The number of furan rings is 1. The molecule has 2 amide bonds. The maximum atomic E-state index is 12.3. The minimum Gasteiger partial charge on any atom is -0.467 e. The van der Waals surface area contributed by atoms with Gasteiger partial charge in [0.15, 0.2) is 0 Å². The van der Waals surface area contributed by atoms with Gasteiger partial charge in [-0.25, -0.2) is 4.79 Å². The number of nitrogens with zero attached hydrogens (tertiary/aromatic N) is 2. The Bertz CT molecular complexity index is 618. The first-order valence-corrected chi connectivity index (χ1v) is 6.91. The zero-order valence-corrected chi connectivity index (χ0v) is 11.9. The molecule has 0 aliphatic carbocycles. The molecule has 1 unspecified atom stereocenters. The largest absolute Gasteiger partial charge is 0.467 e. The number of morpholine rings is 1. The van der Waals surface area contributed by atoms with E-state index in [4.69, 9.17) is 20.8 Å². The molecule has 1 aliphatic rings. The van der Waals surface area contributed by atoms with Crippen LogP contribution in [0.5, 0.6) is 0 Å². The maximum absolute atomic E-state index is 12.3. The topological polar surface area (TPSA) is 67.6 Å². The van der Waals surface area contributed by atoms with E-state index in [1.54, 1.807) is 29.5 Å². The lowest BCUT2D eigenvalue weighted by Gasteiger charge is -2.31. The smallest absolute Gasteiger partial charge is 0.322 e. The van der Waals surface area contributed by atoms with E-state index < -0.39 is 0 Å². The number of aromatic nitrogens is 1. The number of hydrogen-bond acceptors (Lipinski definition) is 4. The summed E-state index contributed by atoms with van der Waals surface area (Å²) < 4.78 is 10.9. The van der Waals surface area contributed by atoms with E-state index in [1.807, 2.05) is 6.07 Å². The fourth-order valence-corrected chi connectivity index (χ4v) is 2.34. The minimum absolute atomic E-state index is 0.209. The standard InChI is InChI=1S/C14H14ClN3O3/c15-10-6-11(8-16-7-10)17-14(19)18-3-5-21-13(9-18)12-2-1-4-20-12/h1-2,4,6-8,13H,3,5,9H2,(H,17,19). The van der Waals surface area contributed by atoms with Crippen molar-refractivity contribution in [3.63, 3.8) is 0 Å². The van der Waals surface area contributed by atoms with E-state index in [1.165, 1.54) is 6.20 Å². The first kappa shape index (κ1) is 13.9. The van der Waals surface area contributed by atoms with E-state index in [2.05, 4.69) is 10.3 Å². The van der Waals surface area contributed by atoms with Crippen molar-refractivity contribution in [2.75, 3.05) is 25.0 Å². The Morgan fingerprint density at radius 2 is 2.38 bits per heavy atom. The number of urea groups is 1. The molecule has 0 spiro atoms. The normalized spacial score (nSPS) is 18.5. The van der Waals surface area contributed by atoms with E-state index in [-0.39, 0.29) is 12.1 Å². The Morgan fingerprint density at radius 3 is 3.14 bits per heavy atom. The van der Waals surface area contributed by atoms with Crippen LogP contribution in [0.15, 0.2) is 41.3 Å². The average molecular weight is 308 g/mol. The van der Waals surface area contributed by atoms with Crippen molar-refractivity contribution < 1.29 is 13.9 Å². The summed E-state index contributed by atoms with van der Waals surface area (Å²) in [5.74, 6) is 0.719. The molecule has 110 valence electrons. The number of amides is 2. The zero-order valence-electron chi connectivity index (χ0n) is 11.2. The van der Waals surface area contributed by atoms with E-state index >= 15 is 0 Å². The summed E-state index contributed by atoms with van der Waals surface area (Å²) >= 11 is 5.84. The number of carbonyl (C=O) groups is 1. The van der Waals surface area contributed by atoms with Gasteiger partial charge in [-0.3, -0.25) is 4.98 Å². The Kier molecular flexibility index (Phi) is 4.08. The number of rotatable bonds is 2. The molecule has 0 radical (unpaired) electrons. The fraction of sp³-hybridized carbons (Fsp3) is 0.286. The highest BCUT2D eigenvalue weighted by atomic mass is 35.5. The van der Waals surface area contributed by atoms with Gasteiger partial charge in [-0.15, -0.1) is 0 Å². The number of pyridine rings is 1. The lowest BCUT2D eigenvalue weighted by Crippen LogP contribution is -2.44. The fourth-order valence-electron chi connectivity index (χ4n) is 2.16. The van der Waals surface area contributed by atoms with Crippen LogP contribution in [-0.2, 0) is 4.74 Å². The summed E-state index contributed by atoms with van der Waals surface area (Å²) in [4.78, 5) is 17.9. The van der Waals surface area contributed by atoms with Crippen molar-refractivity contribution in [3.8, 4) is 0 Å². The van der Waals surface area contributed by atoms with Gasteiger partial charge >= 0.3 is 6.03 Å². The minimum atomic E-state index is -0.239. The Hall–Kier alpha value is -2.05. The molecule has 2 aromatic rings. The summed E-state index contributed by atoms with van der Waals surface area (Å²) in [5, 5.41) is 3.25. The number of anilines is 1. The third kappa shape index (κ3) is 3.34. The highest BCUT2D eigenvalue weighted by Crippen LogP contribution is 2.23. The molecule has 0 saturated carbocycles. The monoisotopic (exact) mass is 307 g/mol. The number of halogens is 1. The first-order valence-electron chi connectivity index (χ1n) is 6.54. The van der Waals surface area contributed by atoms with Crippen LogP contribution in [0.2, 0.25) is 5.02 Å². The summed E-state index contributed by atoms with van der Waals surface area (Å²) in [6, 6.07) is 5.08. The third-order valence-electron chi connectivity index (χ3n) is 3.17. The molecule has 0 aromatic carbocycles. The van der Waals surface area contributed by atoms with Crippen LogP contribution in [0.3, 0.4) is 0 Å². The van der Waals surface area contributed by atoms with E-state index in [0.29, 0.717) is 30.4 Å². The van der Waals surface area contributed by atoms with Crippen molar-refractivity contribution in [3.05, 3.63) is 47.6 Å². The predicted octanol–water partition coefficient (Wildman–Crippen LogP) is 2.93. The quantitative estimate of drug-likeness (QED) is 0.926. The molecule has 0 bridgehead atoms. The van der Waals surface area contributed by atoms with Crippen molar-refractivity contribution in [2.45, 2.75) is 6.10 Å². The van der Waals surface area contributed by atoms with Crippen LogP contribution in [0.1, 0.15) is 11.9 Å². The van der Waals surface area contributed by atoms with E-state index in [9.17, 15) is 4.79 Å². The summed E-state index contributed by atoms with van der Waals surface area (Å²) in [6.45, 7) is 1.43. The second-order valence-corrected chi connectivity index (χ2v) is 5.08. The summed E-state index contributed by atoms with van der Waals surface area (Å²) in [7, 11) is 0. The highest BCUT2D eigenvalue weighted by molar-refractivity contribution is 6.30. The Labute approximate surface area is 126 Å². The van der Waals surface area contributed by atoms with Gasteiger partial charge in [0.1, 0.15) is 11.9 Å². The second kappa shape index (κ2) is 6.15. The number of ether oxygens (including phenoxy) is 1. The molecule has 6 nitrogen and oxygen atoms in total. The van der Waals surface area contributed by atoms with Crippen molar-refractivity contribution in [1.29, 1.82) is 0 Å². The van der Waals surface area contributed by atoms with Gasteiger partial charge in [-0.05, 0) is 18.2 Å². The van der Waals surface area contributed by atoms with Crippen molar-refractivity contribution in [2.24, 2.45) is 0 Å². The Morgan fingerprint density at radius 1 is 1.48 bits per heavy atom. The number of hydrogen-bond donors (Lipinski definition) is 1. The lowest BCUT2D eigenvalue weighted by molar-refractivity contribution is -0.0242. The summed E-state index contributed by atoms with van der Waals surface area (Å²) in [6.07, 6.45) is 4.42. The molecule has 1 fully saturated rings. The van der Waals surface area contributed by atoms with Crippen molar-refractivity contribution >= 4 is 23.3 Å². The van der Waals surface area contributed by atoms with Gasteiger partial charge in [0.2, 0.25) is 0 Å². The maximum Gasteiger partial charge on any atom is 0.322 e. The van der Waals surface area contributed by atoms with Gasteiger partial charge in [0.25, 0.3) is 0 Å². The molecule has 1 atom stereocenters. The van der Waals surface area contributed by atoms with Crippen molar-refractivity contribution in [1.82, 2.24) is 9.88 Å². The molecule has 21 heavy (non-hydrogen) atoms. The SMILES string of the molecule is O=C(Nc1cncc(Cl)c1)N1CCOC(c2ccco2)C1. The molecule has 1 saturated heterocycles. The lowest BCUT2D eigenvalue weighted by atomic mass is 10.2. The highest BCUT2D eigenvalue weighted by Gasteiger charge is 2.27. The van der Waals surface area contributed by atoms with Gasteiger partial charge in [-0.1, -0.05) is 11.6 Å². The van der Waals surface area contributed by atoms with Gasteiger partial charge < -0.3 is 19.4 Å². The molecular formula is C14H14ClN3O3. The molecule has 1 aliphatic heterocycles. The van der Waals surface area contributed by atoms with Gasteiger partial charge in [0, 0.05) is 12.7 Å². The van der Waals surface area contributed by atoms with Gasteiger partial charge in [-0.2, -0.15) is 0 Å². The molecule has 3 rings (SSSR count). The number of nitrogens with one attached hydrogen (secondary N) is 1. The molecule has 2 aromatic heterocycles. The molecule has 7 heteroatoms. The molecule has 1 N–H and O–H groups in total. The van der Waals surface area contributed by atoms with Crippen LogP contribution in [0.4, 0.5) is 10.5 Å². The number of carbonyl (C=O) groups excluding carboxylic acids is 1. The average Bonchev–Trinajstić information content (AvgIpc) is 3.02. The Balaban J connectivity index is 1.64.